The van der Waals surface area contributed by atoms with E-state index in [9.17, 15) is 13.6 Å². The van der Waals surface area contributed by atoms with Crippen molar-refractivity contribution in [2.75, 3.05) is 5.73 Å². The number of hydrogen-bond donors (Lipinski definition) is 3. The second-order valence-electron chi connectivity index (χ2n) is 8.43. The number of H-pyrrole nitrogens is 2. The van der Waals surface area contributed by atoms with E-state index < -0.39 is 0 Å². The number of carbonyl (C=O) groups is 1. The summed E-state index contributed by atoms with van der Waals surface area (Å²) in [6.07, 6.45) is 8.85. The van der Waals surface area contributed by atoms with E-state index in [1.165, 1.54) is 24.3 Å². The highest BCUT2D eigenvalue weighted by Gasteiger charge is 2.06. The fraction of sp³-hybridized carbons (Fsp3) is 0.100. The van der Waals surface area contributed by atoms with Crippen molar-refractivity contribution in [3.63, 3.8) is 0 Å². The quantitative estimate of drug-likeness (QED) is 0.222. The van der Waals surface area contributed by atoms with Crippen LogP contribution in [0.5, 0.6) is 0 Å². The maximum atomic E-state index is 13.1. The van der Waals surface area contributed by atoms with Gasteiger partial charge in [0.05, 0.1) is 0 Å². The molecule has 0 spiro atoms. The number of halogens is 2. The van der Waals surface area contributed by atoms with Crippen LogP contribution in [0.25, 0.3) is 22.8 Å². The van der Waals surface area contributed by atoms with Crippen LogP contribution in [0, 0.1) is 11.6 Å². The highest BCUT2D eigenvalue weighted by atomic mass is 19.1. The van der Waals surface area contributed by atoms with Crippen LogP contribution < -0.4 is 5.73 Å². The Morgan fingerprint density at radius 2 is 1.45 bits per heavy atom. The van der Waals surface area contributed by atoms with E-state index in [0.29, 0.717) is 29.9 Å². The molecule has 214 valence electrons. The first-order chi connectivity index (χ1) is 20.0. The van der Waals surface area contributed by atoms with E-state index >= 15 is 0 Å². The summed E-state index contributed by atoms with van der Waals surface area (Å²) in [6, 6.07) is 19.6. The SMILES string of the molecule is C.Fc1cccc(CCc2nc(-c3cccnc3)n[nH]2)c1.Nc1n[nH]c(-c2cccnc2)n1.O=Cc1cccc(F)c1. The number of nitrogens with one attached hydrogen (secondary N) is 2. The van der Waals surface area contributed by atoms with E-state index in [1.807, 2.05) is 30.3 Å². The predicted molar refractivity (Wildman–Crippen MR) is 156 cm³/mol. The van der Waals surface area contributed by atoms with Gasteiger partial charge >= 0.3 is 0 Å². The van der Waals surface area contributed by atoms with Gasteiger partial charge in [-0.25, -0.2) is 13.8 Å². The Balaban J connectivity index is 0.000000188. The van der Waals surface area contributed by atoms with Crippen molar-refractivity contribution in [1.29, 1.82) is 0 Å². The molecule has 42 heavy (non-hydrogen) atoms. The minimum absolute atomic E-state index is 0. The third kappa shape index (κ3) is 9.52. The van der Waals surface area contributed by atoms with E-state index in [4.69, 9.17) is 5.73 Å². The fourth-order valence-corrected chi connectivity index (χ4v) is 3.47. The van der Waals surface area contributed by atoms with Crippen LogP contribution in [0.2, 0.25) is 0 Å². The number of rotatable bonds is 6. The molecule has 0 fully saturated rings. The van der Waals surface area contributed by atoms with Crippen molar-refractivity contribution < 1.29 is 13.6 Å². The van der Waals surface area contributed by atoms with Crippen LogP contribution in [-0.2, 0) is 12.8 Å². The lowest BCUT2D eigenvalue weighted by Crippen LogP contribution is -1.94. The van der Waals surface area contributed by atoms with Crippen LogP contribution in [0.3, 0.4) is 0 Å². The second kappa shape index (κ2) is 15.8. The standard InChI is InChI=1S/C15H13FN4.C7H5FO.C7H7N5.CH4/c16-13-5-1-3-11(9-13)6-7-14-18-15(20-19-14)12-4-2-8-17-10-12;8-7-3-1-2-6(4-7)5-9;8-7-10-6(11-12-7)5-2-1-3-9-4-5;/h1-5,8-10H,6-7H2,(H,18,19,20);1-5H;1-4H,(H3,8,10,11,12);1H4. The van der Waals surface area contributed by atoms with Crippen LogP contribution in [0.1, 0.15) is 29.2 Å². The Bertz CT molecular complexity index is 1660. The average molecular weight is 570 g/mol. The Kier molecular flexibility index (Phi) is 11.6. The molecule has 2 aromatic carbocycles. The third-order valence-corrected chi connectivity index (χ3v) is 5.41. The summed E-state index contributed by atoms with van der Waals surface area (Å²) in [5, 5.41) is 13.5. The average Bonchev–Trinajstić information content (AvgIpc) is 3.67. The van der Waals surface area contributed by atoms with Crippen molar-refractivity contribution in [1.82, 2.24) is 40.3 Å². The molecular weight excluding hydrogens is 540 g/mol. The monoisotopic (exact) mass is 569 g/mol. The summed E-state index contributed by atoms with van der Waals surface area (Å²) in [7, 11) is 0. The lowest BCUT2D eigenvalue weighted by atomic mass is 10.1. The van der Waals surface area contributed by atoms with Crippen LogP contribution >= 0.6 is 0 Å². The van der Waals surface area contributed by atoms with Gasteiger partial charge in [0.2, 0.25) is 5.95 Å². The molecule has 0 saturated heterocycles. The maximum Gasteiger partial charge on any atom is 0.239 e. The zero-order valence-corrected chi connectivity index (χ0v) is 21.7. The molecule has 0 amide bonds. The number of benzene rings is 2. The Hall–Kier alpha value is -5.65. The second-order valence-corrected chi connectivity index (χ2v) is 8.43. The summed E-state index contributed by atoms with van der Waals surface area (Å²) < 4.78 is 25.3. The molecule has 4 N–H and O–H groups in total. The summed E-state index contributed by atoms with van der Waals surface area (Å²) in [5.41, 5.74) is 8.41. The lowest BCUT2D eigenvalue weighted by molar-refractivity contribution is 0.112. The molecule has 12 heteroatoms. The minimum atomic E-state index is -0.375. The maximum absolute atomic E-state index is 13.1. The van der Waals surface area contributed by atoms with Gasteiger partial charge in [0.15, 0.2) is 11.6 Å². The van der Waals surface area contributed by atoms with Crippen molar-refractivity contribution in [2.24, 2.45) is 0 Å². The van der Waals surface area contributed by atoms with Crippen molar-refractivity contribution in [3.05, 3.63) is 126 Å². The molecule has 0 unspecified atom stereocenters. The molecule has 6 rings (SSSR count). The normalized spacial score (nSPS) is 9.86. The number of carbonyl (C=O) groups excluding carboxylic acids is 1. The van der Waals surface area contributed by atoms with E-state index in [0.717, 1.165) is 28.9 Å². The van der Waals surface area contributed by atoms with Gasteiger partial charge in [0.1, 0.15) is 23.7 Å². The van der Waals surface area contributed by atoms with Gasteiger partial charge in [0.25, 0.3) is 0 Å². The number of nitrogens with two attached hydrogens (primary N) is 1. The number of anilines is 1. The molecular formula is C30H29F2N9O. The summed E-state index contributed by atoms with van der Waals surface area (Å²) >= 11 is 0. The molecule has 6 aromatic rings. The van der Waals surface area contributed by atoms with Gasteiger partial charge < -0.3 is 5.73 Å². The zero-order chi connectivity index (χ0) is 28.9. The van der Waals surface area contributed by atoms with Crippen LogP contribution in [-0.4, -0.2) is 46.6 Å². The number of aromatic amines is 2. The van der Waals surface area contributed by atoms with E-state index in [2.05, 4.69) is 40.3 Å². The van der Waals surface area contributed by atoms with Crippen LogP contribution in [0.15, 0.2) is 97.6 Å². The number of pyridine rings is 2. The van der Waals surface area contributed by atoms with Gasteiger partial charge in [-0.05, 0) is 60.5 Å². The first-order valence-corrected chi connectivity index (χ1v) is 12.4. The number of aldehydes is 1. The molecule has 0 bridgehead atoms. The number of nitrogens with zero attached hydrogens (tertiary/aromatic N) is 6. The van der Waals surface area contributed by atoms with Crippen LogP contribution in [0.4, 0.5) is 14.7 Å². The zero-order valence-electron chi connectivity index (χ0n) is 21.7. The summed E-state index contributed by atoms with van der Waals surface area (Å²) in [5.74, 6) is 1.71. The van der Waals surface area contributed by atoms with Crippen molar-refractivity contribution in [2.45, 2.75) is 20.3 Å². The topological polar surface area (TPSA) is 152 Å². The number of hydrogen-bond acceptors (Lipinski definition) is 8. The summed E-state index contributed by atoms with van der Waals surface area (Å²) in [4.78, 5) is 26.3. The third-order valence-electron chi connectivity index (χ3n) is 5.41. The molecule has 0 aliphatic rings. The molecule has 0 aliphatic carbocycles. The minimum Gasteiger partial charge on any atom is -0.366 e. The van der Waals surface area contributed by atoms with E-state index in [1.54, 1.807) is 43.0 Å². The molecule has 10 nitrogen and oxygen atoms in total. The Morgan fingerprint density at radius 1 is 0.762 bits per heavy atom. The molecule has 0 saturated carbocycles. The molecule has 0 aliphatic heterocycles. The highest BCUT2D eigenvalue weighted by molar-refractivity contribution is 5.74. The van der Waals surface area contributed by atoms with Gasteiger partial charge in [-0.2, -0.15) is 10.1 Å². The van der Waals surface area contributed by atoms with Gasteiger partial charge in [-0.1, -0.05) is 31.7 Å². The highest BCUT2D eigenvalue weighted by Crippen LogP contribution is 2.14. The van der Waals surface area contributed by atoms with Gasteiger partial charge in [0, 0.05) is 47.9 Å². The molecule has 4 aromatic heterocycles. The van der Waals surface area contributed by atoms with Crippen molar-refractivity contribution in [3.8, 4) is 22.8 Å². The number of aromatic nitrogens is 8. The first-order valence-electron chi connectivity index (χ1n) is 12.4. The largest absolute Gasteiger partial charge is 0.366 e. The molecule has 4 heterocycles. The lowest BCUT2D eigenvalue weighted by Gasteiger charge is -1.98. The summed E-state index contributed by atoms with van der Waals surface area (Å²) in [6.45, 7) is 0. The number of nitrogen functional groups attached to an aromatic ring is 1. The molecule has 0 atom stereocenters. The molecule has 0 radical (unpaired) electrons. The Labute approximate surface area is 241 Å². The predicted octanol–water partition coefficient (Wildman–Crippen LogP) is 5.51. The smallest absolute Gasteiger partial charge is 0.239 e. The first kappa shape index (κ1) is 30.9. The Morgan fingerprint density at radius 3 is 2.02 bits per heavy atom. The van der Waals surface area contributed by atoms with E-state index in [-0.39, 0.29) is 25.0 Å². The fourth-order valence-electron chi connectivity index (χ4n) is 3.47. The van der Waals surface area contributed by atoms with Gasteiger partial charge in [-0.3, -0.25) is 25.0 Å². The number of aryl methyl sites for hydroxylation is 2. The van der Waals surface area contributed by atoms with Gasteiger partial charge in [-0.15, -0.1) is 5.10 Å². The van der Waals surface area contributed by atoms with Crippen molar-refractivity contribution >= 4 is 12.2 Å².